The molecule has 0 bridgehead atoms. The molecule has 1 N–H and O–H groups in total. The van der Waals surface area contributed by atoms with Crippen molar-refractivity contribution >= 4 is 28.7 Å². The fourth-order valence-electron chi connectivity index (χ4n) is 3.16. The summed E-state index contributed by atoms with van der Waals surface area (Å²) in [5, 5.41) is 12.6. The molecule has 2 aromatic rings. The maximum atomic E-state index is 13.0. The highest BCUT2D eigenvalue weighted by Crippen LogP contribution is 2.39. The molecule has 1 amide bonds. The number of thioether (sulfide) groups is 1. The van der Waals surface area contributed by atoms with E-state index in [4.69, 9.17) is 0 Å². The Morgan fingerprint density at radius 1 is 1.43 bits per heavy atom. The number of carbonyl (C=O) groups excluding carboxylic acids is 1. The van der Waals surface area contributed by atoms with Crippen molar-refractivity contribution in [3.8, 4) is 6.07 Å². The van der Waals surface area contributed by atoms with Crippen molar-refractivity contribution in [1.82, 2.24) is 14.9 Å². The number of hydrogen-bond acceptors (Lipinski definition) is 4. The van der Waals surface area contributed by atoms with Crippen LogP contribution >= 0.6 is 11.8 Å². The van der Waals surface area contributed by atoms with Crippen LogP contribution < -0.4 is 5.32 Å². The molecule has 0 spiro atoms. The zero-order valence-corrected chi connectivity index (χ0v) is 16.5. The Bertz CT molecular complexity index is 930. The lowest BCUT2D eigenvalue weighted by Gasteiger charge is -2.22. The van der Waals surface area contributed by atoms with Crippen LogP contribution in [0.5, 0.6) is 0 Å². The van der Waals surface area contributed by atoms with E-state index in [2.05, 4.69) is 16.4 Å². The summed E-state index contributed by atoms with van der Waals surface area (Å²) in [5.74, 6) is -0.0627. The summed E-state index contributed by atoms with van der Waals surface area (Å²) in [5.41, 5.74) is -0.729. The van der Waals surface area contributed by atoms with Crippen molar-refractivity contribution in [3.05, 3.63) is 23.8 Å². The number of nitrogens with one attached hydrogen (secondary N) is 1. The van der Waals surface area contributed by atoms with Crippen LogP contribution in [-0.2, 0) is 17.5 Å². The molecule has 1 fully saturated rings. The third kappa shape index (κ3) is 4.27. The van der Waals surface area contributed by atoms with E-state index < -0.39 is 17.3 Å². The number of nitrogens with zero attached hydrogens (tertiary/aromatic N) is 3. The second-order valence-corrected chi connectivity index (χ2v) is 8.12. The van der Waals surface area contributed by atoms with E-state index in [9.17, 15) is 23.2 Å². The lowest BCUT2D eigenvalue weighted by Crippen LogP contribution is -2.47. The molecule has 1 atom stereocenters. The number of imidazole rings is 1. The van der Waals surface area contributed by atoms with Gasteiger partial charge < -0.3 is 9.88 Å². The molecule has 5 nitrogen and oxygen atoms in total. The van der Waals surface area contributed by atoms with Gasteiger partial charge in [-0.2, -0.15) is 18.4 Å². The number of fused-ring (bicyclic) bond motifs is 1. The summed E-state index contributed by atoms with van der Waals surface area (Å²) < 4.78 is 40.8. The van der Waals surface area contributed by atoms with E-state index in [1.165, 1.54) is 17.8 Å². The average Bonchev–Trinajstić information content (AvgIpc) is 3.44. The van der Waals surface area contributed by atoms with Crippen LogP contribution in [0, 0.1) is 17.2 Å². The van der Waals surface area contributed by atoms with E-state index in [1.807, 2.05) is 6.92 Å². The molecule has 9 heteroatoms. The van der Waals surface area contributed by atoms with E-state index in [-0.39, 0.29) is 17.6 Å². The van der Waals surface area contributed by atoms with Gasteiger partial charge in [0.15, 0.2) is 5.16 Å². The molecule has 150 valence electrons. The zero-order valence-electron chi connectivity index (χ0n) is 15.6. The summed E-state index contributed by atoms with van der Waals surface area (Å²) in [7, 11) is 0. The molecule has 0 aliphatic heterocycles. The van der Waals surface area contributed by atoms with Gasteiger partial charge in [0.25, 0.3) is 0 Å². The molecule has 1 aromatic carbocycles. The third-order valence-corrected chi connectivity index (χ3v) is 5.82. The Balaban J connectivity index is 1.79. The Hall–Kier alpha value is -2.21. The zero-order chi connectivity index (χ0) is 20.5. The molecule has 1 aliphatic rings. The number of aryl methyl sites for hydroxylation is 1. The average molecular weight is 410 g/mol. The normalized spacial score (nSPS) is 16.6. The van der Waals surface area contributed by atoms with E-state index in [0.717, 1.165) is 31.4 Å². The topological polar surface area (TPSA) is 70.7 Å². The summed E-state index contributed by atoms with van der Waals surface area (Å²) >= 11 is 1.17. The van der Waals surface area contributed by atoms with Gasteiger partial charge in [0.2, 0.25) is 5.91 Å². The molecule has 1 unspecified atom stereocenters. The van der Waals surface area contributed by atoms with E-state index in [1.54, 1.807) is 11.5 Å². The fourth-order valence-corrected chi connectivity index (χ4v) is 4.01. The van der Waals surface area contributed by atoms with Gasteiger partial charge >= 0.3 is 6.18 Å². The predicted octanol–water partition coefficient (Wildman–Crippen LogP) is 4.37. The minimum Gasteiger partial charge on any atom is -0.337 e. The number of aromatic nitrogens is 2. The minimum atomic E-state index is -4.42. The van der Waals surface area contributed by atoms with Gasteiger partial charge in [-0.25, -0.2) is 4.98 Å². The van der Waals surface area contributed by atoms with Crippen molar-refractivity contribution in [2.45, 2.75) is 56.5 Å². The molecular formula is C19H21F3N4OS. The van der Waals surface area contributed by atoms with Crippen LogP contribution in [-0.4, -0.2) is 26.8 Å². The molecule has 28 heavy (non-hydrogen) atoms. The standard InChI is InChI=1S/C19H21F3N4OS/c1-3-8-26-15-9-13(19(20,21)22)6-7-14(15)24-17(26)28-10-16(27)25-18(2,11-23)12-4-5-12/h6-7,9,12H,3-5,8,10H2,1-2H3,(H,25,27). The molecule has 0 saturated heterocycles. The molecule has 3 rings (SSSR count). The third-order valence-electron chi connectivity index (χ3n) is 4.85. The Kier molecular flexibility index (Phi) is 5.62. The van der Waals surface area contributed by atoms with Crippen molar-refractivity contribution < 1.29 is 18.0 Å². The van der Waals surface area contributed by atoms with Gasteiger partial charge in [0, 0.05) is 6.54 Å². The van der Waals surface area contributed by atoms with Crippen LogP contribution in [0.25, 0.3) is 11.0 Å². The second kappa shape index (κ2) is 7.66. The first-order valence-corrected chi connectivity index (χ1v) is 10.1. The lowest BCUT2D eigenvalue weighted by molar-refractivity contribution is -0.137. The second-order valence-electron chi connectivity index (χ2n) is 7.17. The summed E-state index contributed by atoms with van der Waals surface area (Å²) in [6.07, 6.45) is -1.86. The Labute approximate surface area is 165 Å². The van der Waals surface area contributed by atoms with E-state index >= 15 is 0 Å². The van der Waals surface area contributed by atoms with Gasteiger partial charge in [0.1, 0.15) is 5.54 Å². The van der Waals surface area contributed by atoms with Crippen LogP contribution in [0.2, 0.25) is 0 Å². The SMILES string of the molecule is CCCn1c(SCC(=O)NC(C)(C#N)C2CC2)nc2ccc(C(F)(F)F)cc21. The van der Waals surface area contributed by atoms with Crippen LogP contribution in [0.15, 0.2) is 23.4 Å². The van der Waals surface area contributed by atoms with Crippen molar-refractivity contribution in [3.63, 3.8) is 0 Å². The Morgan fingerprint density at radius 3 is 2.71 bits per heavy atom. The van der Waals surface area contributed by atoms with Gasteiger partial charge in [-0.05, 0) is 50.3 Å². The number of carbonyl (C=O) groups is 1. The first-order valence-electron chi connectivity index (χ1n) is 9.10. The first kappa shape index (κ1) is 20.5. The minimum absolute atomic E-state index is 0.0448. The van der Waals surface area contributed by atoms with Gasteiger partial charge in [0.05, 0.1) is 28.4 Å². The monoisotopic (exact) mass is 410 g/mol. The van der Waals surface area contributed by atoms with Crippen molar-refractivity contribution in [2.75, 3.05) is 5.75 Å². The van der Waals surface area contributed by atoms with Gasteiger partial charge in [-0.15, -0.1) is 0 Å². The number of rotatable bonds is 7. The van der Waals surface area contributed by atoms with Crippen LogP contribution in [0.4, 0.5) is 13.2 Å². The number of hydrogen-bond donors (Lipinski definition) is 1. The van der Waals surface area contributed by atoms with Gasteiger partial charge in [-0.3, -0.25) is 4.79 Å². The number of benzene rings is 1. The van der Waals surface area contributed by atoms with Gasteiger partial charge in [-0.1, -0.05) is 18.7 Å². The predicted molar refractivity (Wildman–Crippen MR) is 101 cm³/mol. The van der Waals surface area contributed by atoms with Crippen molar-refractivity contribution in [2.24, 2.45) is 5.92 Å². The maximum Gasteiger partial charge on any atom is 0.416 e. The fraction of sp³-hybridized carbons (Fsp3) is 0.526. The Morgan fingerprint density at radius 2 is 2.14 bits per heavy atom. The highest BCUT2D eigenvalue weighted by atomic mass is 32.2. The van der Waals surface area contributed by atoms with Crippen LogP contribution in [0.1, 0.15) is 38.7 Å². The first-order chi connectivity index (χ1) is 13.2. The number of alkyl halides is 3. The quantitative estimate of drug-likeness (QED) is 0.689. The number of amides is 1. The smallest absolute Gasteiger partial charge is 0.337 e. The molecule has 1 aromatic heterocycles. The molecule has 1 aliphatic carbocycles. The summed E-state index contributed by atoms with van der Waals surface area (Å²) in [4.78, 5) is 16.7. The summed E-state index contributed by atoms with van der Waals surface area (Å²) in [6.45, 7) is 4.15. The lowest BCUT2D eigenvalue weighted by atomic mass is 9.98. The largest absolute Gasteiger partial charge is 0.416 e. The summed E-state index contributed by atoms with van der Waals surface area (Å²) in [6, 6.07) is 5.64. The highest BCUT2D eigenvalue weighted by molar-refractivity contribution is 7.99. The van der Waals surface area contributed by atoms with E-state index in [0.29, 0.717) is 22.7 Å². The number of nitriles is 1. The molecule has 1 heterocycles. The highest BCUT2D eigenvalue weighted by Gasteiger charge is 2.43. The number of halogens is 3. The molecule has 0 radical (unpaired) electrons. The van der Waals surface area contributed by atoms with Crippen molar-refractivity contribution in [1.29, 1.82) is 5.26 Å². The maximum absolute atomic E-state index is 13.0. The molecular weight excluding hydrogens is 389 g/mol. The molecule has 1 saturated carbocycles. The van der Waals surface area contributed by atoms with Crippen LogP contribution in [0.3, 0.4) is 0 Å².